The van der Waals surface area contributed by atoms with Gasteiger partial charge in [-0.2, -0.15) is 5.01 Å². The average molecular weight is 406 g/mol. The standard InChI is InChI=1S/C19H17Cl2N3O3/c1-19(13-5-3-2-4-6-13)17(26)24(18(27)22-19)23-16(25)10-8-12-7-9-14(20)11-15(12)21/h2-7,9,11H,8,10H2,1H3,(H,22,27)(H,23,25)/t19-/m0/s1. The van der Waals surface area contributed by atoms with Gasteiger partial charge in [-0.05, 0) is 36.6 Å². The molecule has 2 aromatic carbocycles. The summed E-state index contributed by atoms with van der Waals surface area (Å²) < 4.78 is 0. The number of hydrogen-bond donors (Lipinski definition) is 2. The zero-order chi connectivity index (χ0) is 19.6. The van der Waals surface area contributed by atoms with Gasteiger partial charge >= 0.3 is 6.03 Å². The van der Waals surface area contributed by atoms with Crippen molar-refractivity contribution in [1.82, 2.24) is 15.8 Å². The van der Waals surface area contributed by atoms with E-state index in [0.717, 1.165) is 10.6 Å². The van der Waals surface area contributed by atoms with Crippen molar-refractivity contribution in [2.24, 2.45) is 0 Å². The molecule has 0 aromatic heterocycles. The van der Waals surface area contributed by atoms with Crippen LogP contribution in [-0.4, -0.2) is 22.9 Å². The van der Waals surface area contributed by atoms with Crippen LogP contribution in [0.4, 0.5) is 4.79 Å². The molecule has 0 bridgehead atoms. The fourth-order valence-corrected chi connectivity index (χ4v) is 3.36. The molecule has 1 fully saturated rings. The number of benzene rings is 2. The van der Waals surface area contributed by atoms with Gasteiger partial charge in [-0.15, -0.1) is 0 Å². The number of halogens is 2. The number of carbonyl (C=O) groups is 3. The monoisotopic (exact) mass is 405 g/mol. The molecule has 140 valence electrons. The molecule has 3 rings (SSSR count). The van der Waals surface area contributed by atoms with E-state index < -0.39 is 23.4 Å². The lowest BCUT2D eigenvalue weighted by atomic mass is 9.92. The summed E-state index contributed by atoms with van der Waals surface area (Å²) >= 11 is 11.9. The molecule has 0 radical (unpaired) electrons. The second-order valence-corrected chi connectivity index (χ2v) is 7.18. The fraction of sp³-hybridized carbons (Fsp3) is 0.211. The van der Waals surface area contributed by atoms with Gasteiger partial charge in [-0.1, -0.05) is 59.6 Å². The molecule has 0 aliphatic carbocycles. The molecule has 1 aliphatic heterocycles. The number of nitrogens with one attached hydrogen (secondary N) is 2. The van der Waals surface area contributed by atoms with Crippen molar-refractivity contribution in [2.45, 2.75) is 25.3 Å². The van der Waals surface area contributed by atoms with Crippen LogP contribution in [0.25, 0.3) is 0 Å². The molecule has 1 atom stereocenters. The summed E-state index contributed by atoms with van der Waals surface area (Å²) in [5.41, 5.74) is 2.52. The molecule has 1 saturated heterocycles. The van der Waals surface area contributed by atoms with E-state index in [2.05, 4.69) is 10.7 Å². The van der Waals surface area contributed by atoms with Crippen LogP contribution in [0.3, 0.4) is 0 Å². The summed E-state index contributed by atoms with van der Waals surface area (Å²) in [7, 11) is 0. The SMILES string of the molecule is C[C@@]1(c2ccccc2)NC(=O)N(NC(=O)CCc2ccc(Cl)cc2Cl)C1=O. The summed E-state index contributed by atoms with van der Waals surface area (Å²) in [5, 5.41) is 4.32. The Balaban J connectivity index is 1.66. The highest BCUT2D eigenvalue weighted by atomic mass is 35.5. The maximum absolute atomic E-state index is 12.7. The molecule has 2 N–H and O–H groups in total. The molecule has 8 heteroatoms. The predicted octanol–water partition coefficient (Wildman–Crippen LogP) is 3.42. The van der Waals surface area contributed by atoms with Crippen molar-refractivity contribution in [1.29, 1.82) is 0 Å². The first-order valence-corrected chi connectivity index (χ1v) is 9.02. The number of hydrazine groups is 1. The smallest absolute Gasteiger partial charge is 0.318 e. The Kier molecular flexibility index (Phi) is 5.39. The number of urea groups is 1. The topological polar surface area (TPSA) is 78.5 Å². The van der Waals surface area contributed by atoms with E-state index in [4.69, 9.17) is 23.2 Å². The maximum atomic E-state index is 12.7. The minimum atomic E-state index is -1.23. The van der Waals surface area contributed by atoms with Crippen LogP contribution in [0.2, 0.25) is 10.0 Å². The Labute approximate surface area is 166 Å². The van der Waals surface area contributed by atoms with Crippen LogP contribution < -0.4 is 10.7 Å². The van der Waals surface area contributed by atoms with E-state index in [1.165, 1.54) is 0 Å². The lowest BCUT2D eigenvalue weighted by Crippen LogP contribution is -2.48. The minimum absolute atomic E-state index is 0.0560. The van der Waals surface area contributed by atoms with Gasteiger partial charge < -0.3 is 5.32 Å². The molecule has 4 amide bonds. The van der Waals surface area contributed by atoms with Crippen molar-refractivity contribution in [3.63, 3.8) is 0 Å². The molecule has 0 spiro atoms. The van der Waals surface area contributed by atoms with Crippen molar-refractivity contribution in [2.75, 3.05) is 0 Å². The van der Waals surface area contributed by atoms with E-state index in [9.17, 15) is 14.4 Å². The highest BCUT2D eigenvalue weighted by Crippen LogP contribution is 2.27. The lowest BCUT2D eigenvalue weighted by Gasteiger charge is -2.22. The molecule has 1 aliphatic rings. The lowest BCUT2D eigenvalue weighted by molar-refractivity contribution is -0.138. The third-order valence-electron chi connectivity index (χ3n) is 4.42. The van der Waals surface area contributed by atoms with E-state index in [0.29, 0.717) is 22.0 Å². The van der Waals surface area contributed by atoms with Gasteiger partial charge in [0.15, 0.2) is 0 Å². The van der Waals surface area contributed by atoms with Gasteiger partial charge in [0.2, 0.25) is 5.91 Å². The molecule has 0 saturated carbocycles. The third-order valence-corrected chi connectivity index (χ3v) is 5.00. The number of aryl methyl sites for hydroxylation is 1. The van der Waals surface area contributed by atoms with E-state index in [-0.39, 0.29) is 6.42 Å². The van der Waals surface area contributed by atoms with E-state index in [1.807, 2.05) is 6.07 Å². The van der Waals surface area contributed by atoms with Gasteiger partial charge in [0.25, 0.3) is 5.91 Å². The molecule has 2 aromatic rings. The molecule has 0 unspecified atom stereocenters. The number of nitrogens with zero attached hydrogens (tertiary/aromatic N) is 1. The van der Waals surface area contributed by atoms with E-state index in [1.54, 1.807) is 49.4 Å². The summed E-state index contributed by atoms with van der Waals surface area (Å²) in [6.07, 6.45) is 0.405. The summed E-state index contributed by atoms with van der Waals surface area (Å²) in [5.74, 6) is -1.02. The molecular weight excluding hydrogens is 389 g/mol. The molecule has 27 heavy (non-hydrogen) atoms. The van der Waals surface area contributed by atoms with Crippen LogP contribution in [0.15, 0.2) is 48.5 Å². The van der Waals surface area contributed by atoms with Gasteiger partial charge in [0.1, 0.15) is 5.54 Å². The van der Waals surface area contributed by atoms with Crippen molar-refractivity contribution in [3.8, 4) is 0 Å². The Morgan fingerprint density at radius 3 is 2.52 bits per heavy atom. The first-order chi connectivity index (χ1) is 12.8. The van der Waals surface area contributed by atoms with Crippen molar-refractivity contribution < 1.29 is 14.4 Å². The zero-order valence-corrected chi connectivity index (χ0v) is 16.0. The van der Waals surface area contributed by atoms with Crippen LogP contribution in [-0.2, 0) is 21.5 Å². The Morgan fingerprint density at radius 2 is 1.85 bits per heavy atom. The highest BCUT2D eigenvalue weighted by Gasteiger charge is 2.49. The number of hydrogen-bond acceptors (Lipinski definition) is 3. The number of amides is 4. The Morgan fingerprint density at radius 1 is 1.15 bits per heavy atom. The molecule has 1 heterocycles. The van der Waals surface area contributed by atoms with Gasteiger partial charge in [-0.3, -0.25) is 15.0 Å². The summed E-state index contributed by atoms with van der Waals surface area (Å²) in [6.45, 7) is 1.60. The van der Waals surface area contributed by atoms with Gasteiger partial charge in [0, 0.05) is 16.5 Å². The number of rotatable bonds is 5. The molecular formula is C19H17Cl2N3O3. The number of carbonyl (C=O) groups excluding carboxylic acids is 3. The van der Waals surface area contributed by atoms with Crippen LogP contribution in [0.5, 0.6) is 0 Å². The number of imide groups is 1. The largest absolute Gasteiger partial charge is 0.344 e. The Hall–Kier alpha value is -2.57. The first kappa shape index (κ1) is 19.2. The quantitative estimate of drug-likeness (QED) is 0.747. The zero-order valence-electron chi connectivity index (χ0n) is 14.5. The second-order valence-electron chi connectivity index (χ2n) is 6.33. The first-order valence-electron chi connectivity index (χ1n) is 8.27. The van der Waals surface area contributed by atoms with Gasteiger partial charge in [-0.25, -0.2) is 4.79 Å². The van der Waals surface area contributed by atoms with E-state index >= 15 is 0 Å². The van der Waals surface area contributed by atoms with Crippen molar-refractivity contribution in [3.05, 3.63) is 69.7 Å². The van der Waals surface area contributed by atoms with Gasteiger partial charge in [0.05, 0.1) is 0 Å². The van der Waals surface area contributed by atoms with Crippen LogP contribution in [0, 0.1) is 0 Å². The third kappa shape index (κ3) is 3.91. The normalized spacial score (nSPS) is 19.1. The molecule has 6 nitrogen and oxygen atoms in total. The maximum Gasteiger partial charge on any atom is 0.344 e. The fourth-order valence-electron chi connectivity index (χ4n) is 2.86. The summed E-state index contributed by atoms with van der Waals surface area (Å²) in [6, 6.07) is 13.2. The van der Waals surface area contributed by atoms with Crippen molar-refractivity contribution >= 4 is 41.0 Å². The highest BCUT2D eigenvalue weighted by molar-refractivity contribution is 6.35. The second kappa shape index (κ2) is 7.58. The Bertz CT molecular complexity index is 904. The van der Waals surface area contributed by atoms with Crippen LogP contribution in [0.1, 0.15) is 24.5 Å². The van der Waals surface area contributed by atoms with Crippen LogP contribution >= 0.6 is 23.2 Å². The summed E-state index contributed by atoms with van der Waals surface area (Å²) in [4.78, 5) is 37.2. The average Bonchev–Trinajstić information content (AvgIpc) is 2.86. The predicted molar refractivity (Wildman–Crippen MR) is 102 cm³/mol. The minimum Gasteiger partial charge on any atom is -0.318 e.